The first-order chi connectivity index (χ1) is 12.8. The molecular formula is C20H27F2N3O2. The lowest BCUT2D eigenvalue weighted by atomic mass is 10.1. The third-order valence-corrected chi connectivity index (χ3v) is 4.74. The van der Waals surface area contributed by atoms with Crippen molar-refractivity contribution in [1.82, 2.24) is 14.7 Å². The van der Waals surface area contributed by atoms with Crippen molar-refractivity contribution in [2.45, 2.75) is 52.0 Å². The molecule has 0 unspecified atom stereocenters. The molecule has 0 saturated carbocycles. The summed E-state index contributed by atoms with van der Waals surface area (Å²) in [6.45, 7) is 5.46. The number of methoxy groups -OCH3 is 1. The Labute approximate surface area is 158 Å². The summed E-state index contributed by atoms with van der Waals surface area (Å²) in [6, 6.07) is 7.81. The number of ether oxygens (including phenoxy) is 2. The summed E-state index contributed by atoms with van der Waals surface area (Å²) in [5, 5.41) is 4.82. The lowest BCUT2D eigenvalue weighted by molar-refractivity contribution is -0.158. The third-order valence-electron chi connectivity index (χ3n) is 4.74. The van der Waals surface area contributed by atoms with Gasteiger partial charge in [0.15, 0.2) is 0 Å². The van der Waals surface area contributed by atoms with Crippen LogP contribution in [0.1, 0.15) is 32.8 Å². The number of rotatable bonds is 6. The van der Waals surface area contributed by atoms with Crippen LogP contribution in [0.3, 0.4) is 0 Å². The standard InChI is InChI=1S/C20H27F2N3O2/c1-20(2,3)25-12-15(11-24-9-8-17(13-24)27-19(21)22)18(23-25)14-6-5-7-16(10-14)26-4/h5-7,10,12,17,19H,8-9,11,13H2,1-4H3/t17-/m0/s1. The molecule has 3 rings (SSSR count). The Morgan fingerprint density at radius 2 is 2.07 bits per heavy atom. The first kappa shape index (κ1) is 19.8. The molecule has 1 saturated heterocycles. The van der Waals surface area contributed by atoms with Gasteiger partial charge < -0.3 is 9.47 Å². The average Bonchev–Trinajstić information content (AvgIpc) is 3.21. The molecule has 0 amide bonds. The fourth-order valence-corrected chi connectivity index (χ4v) is 3.32. The van der Waals surface area contributed by atoms with E-state index < -0.39 is 12.7 Å². The molecule has 5 nitrogen and oxygen atoms in total. The molecule has 1 atom stereocenters. The molecule has 1 aromatic carbocycles. The zero-order valence-corrected chi connectivity index (χ0v) is 16.3. The van der Waals surface area contributed by atoms with Gasteiger partial charge in [-0.15, -0.1) is 0 Å². The van der Waals surface area contributed by atoms with E-state index in [1.165, 1.54) is 0 Å². The van der Waals surface area contributed by atoms with E-state index in [0.29, 0.717) is 19.5 Å². The average molecular weight is 379 g/mol. The first-order valence-corrected chi connectivity index (χ1v) is 9.15. The Morgan fingerprint density at radius 1 is 1.30 bits per heavy atom. The van der Waals surface area contributed by atoms with E-state index in [-0.39, 0.29) is 5.54 Å². The Bertz CT molecular complexity index is 771. The van der Waals surface area contributed by atoms with Crippen LogP contribution in [0.5, 0.6) is 5.75 Å². The van der Waals surface area contributed by atoms with E-state index in [1.54, 1.807) is 7.11 Å². The van der Waals surface area contributed by atoms with E-state index >= 15 is 0 Å². The molecule has 0 spiro atoms. The van der Waals surface area contributed by atoms with Gasteiger partial charge in [0.25, 0.3) is 0 Å². The Balaban J connectivity index is 1.86. The molecule has 27 heavy (non-hydrogen) atoms. The number of halogens is 2. The summed E-state index contributed by atoms with van der Waals surface area (Å²) < 4.78 is 36.9. The maximum atomic E-state index is 12.5. The van der Waals surface area contributed by atoms with Crippen LogP contribution in [0.4, 0.5) is 8.78 Å². The number of hydrogen-bond acceptors (Lipinski definition) is 4. The van der Waals surface area contributed by atoms with Gasteiger partial charge in [-0.2, -0.15) is 13.9 Å². The maximum Gasteiger partial charge on any atom is 0.345 e. The number of aromatic nitrogens is 2. The van der Waals surface area contributed by atoms with Gasteiger partial charge in [-0.1, -0.05) is 12.1 Å². The van der Waals surface area contributed by atoms with E-state index in [2.05, 4.69) is 36.6 Å². The summed E-state index contributed by atoms with van der Waals surface area (Å²) in [5.41, 5.74) is 2.78. The van der Waals surface area contributed by atoms with Gasteiger partial charge in [-0.25, -0.2) is 0 Å². The van der Waals surface area contributed by atoms with Gasteiger partial charge >= 0.3 is 6.61 Å². The summed E-state index contributed by atoms with van der Waals surface area (Å²) >= 11 is 0. The molecule has 0 N–H and O–H groups in total. The molecule has 2 heterocycles. The van der Waals surface area contributed by atoms with Crippen molar-refractivity contribution in [2.75, 3.05) is 20.2 Å². The summed E-state index contributed by atoms with van der Waals surface area (Å²) in [7, 11) is 1.64. The minimum atomic E-state index is -2.72. The van der Waals surface area contributed by atoms with Crippen molar-refractivity contribution in [3.8, 4) is 17.0 Å². The Kier molecular flexibility index (Phi) is 5.81. The van der Waals surface area contributed by atoms with Crippen LogP contribution in [0.25, 0.3) is 11.3 Å². The van der Waals surface area contributed by atoms with Crippen LogP contribution in [-0.4, -0.2) is 47.6 Å². The zero-order valence-electron chi connectivity index (χ0n) is 16.3. The molecule has 0 radical (unpaired) electrons. The van der Waals surface area contributed by atoms with E-state index in [9.17, 15) is 8.78 Å². The van der Waals surface area contributed by atoms with Crippen molar-refractivity contribution in [2.24, 2.45) is 0 Å². The fraction of sp³-hybridized carbons (Fsp3) is 0.550. The zero-order chi connectivity index (χ0) is 19.6. The van der Waals surface area contributed by atoms with Gasteiger partial charge in [0.2, 0.25) is 0 Å². The highest BCUT2D eigenvalue weighted by Crippen LogP contribution is 2.29. The smallest absolute Gasteiger partial charge is 0.345 e. The lowest BCUT2D eigenvalue weighted by Gasteiger charge is -2.19. The van der Waals surface area contributed by atoms with Crippen LogP contribution >= 0.6 is 0 Å². The second-order valence-electron chi connectivity index (χ2n) is 7.89. The van der Waals surface area contributed by atoms with Gasteiger partial charge in [0.05, 0.1) is 24.4 Å². The molecule has 0 bridgehead atoms. The second kappa shape index (κ2) is 7.94. The lowest BCUT2D eigenvalue weighted by Crippen LogP contribution is -2.24. The van der Waals surface area contributed by atoms with Crippen LogP contribution < -0.4 is 4.74 Å². The highest BCUT2D eigenvalue weighted by atomic mass is 19.3. The monoisotopic (exact) mass is 379 g/mol. The highest BCUT2D eigenvalue weighted by molar-refractivity contribution is 5.64. The maximum absolute atomic E-state index is 12.5. The normalized spacial score (nSPS) is 18.4. The van der Waals surface area contributed by atoms with Crippen molar-refractivity contribution in [1.29, 1.82) is 0 Å². The Hall–Kier alpha value is -1.99. The number of benzene rings is 1. The highest BCUT2D eigenvalue weighted by Gasteiger charge is 2.27. The predicted molar refractivity (Wildman–Crippen MR) is 100.0 cm³/mol. The van der Waals surface area contributed by atoms with Gasteiger partial charge in [-0.05, 0) is 39.3 Å². The summed E-state index contributed by atoms with van der Waals surface area (Å²) in [5.74, 6) is 0.773. The molecule has 7 heteroatoms. The molecule has 0 aliphatic carbocycles. The Morgan fingerprint density at radius 3 is 2.74 bits per heavy atom. The molecule has 1 fully saturated rings. The number of alkyl halides is 2. The minimum absolute atomic E-state index is 0.155. The molecule has 2 aromatic rings. The summed E-state index contributed by atoms with van der Waals surface area (Å²) in [6.07, 6.45) is 2.26. The largest absolute Gasteiger partial charge is 0.497 e. The molecule has 1 aliphatic rings. The van der Waals surface area contributed by atoms with Crippen molar-refractivity contribution in [3.05, 3.63) is 36.0 Å². The number of likely N-dealkylation sites (tertiary alicyclic amines) is 1. The van der Waals surface area contributed by atoms with Gasteiger partial charge in [-0.3, -0.25) is 9.58 Å². The van der Waals surface area contributed by atoms with Crippen molar-refractivity contribution >= 4 is 0 Å². The van der Waals surface area contributed by atoms with Crippen LogP contribution in [0.15, 0.2) is 30.5 Å². The van der Waals surface area contributed by atoms with Crippen molar-refractivity contribution in [3.63, 3.8) is 0 Å². The molecule has 148 valence electrons. The van der Waals surface area contributed by atoms with Crippen LogP contribution in [0, 0.1) is 0 Å². The van der Waals surface area contributed by atoms with Crippen LogP contribution in [0.2, 0.25) is 0 Å². The van der Waals surface area contributed by atoms with E-state index in [0.717, 1.165) is 29.1 Å². The minimum Gasteiger partial charge on any atom is -0.497 e. The quantitative estimate of drug-likeness (QED) is 0.757. The summed E-state index contributed by atoms with van der Waals surface area (Å²) in [4.78, 5) is 2.14. The first-order valence-electron chi connectivity index (χ1n) is 9.15. The van der Waals surface area contributed by atoms with E-state index in [4.69, 9.17) is 9.84 Å². The molecule has 1 aliphatic heterocycles. The fourth-order valence-electron chi connectivity index (χ4n) is 3.32. The second-order valence-corrected chi connectivity index (χ2v) is 7.89. The molecule has 1 aromatic heterocycles. The predicted octanol–water partition coefficient (Wildman–Crippen LogP) is 4.13. The third kappa shape index (κ3) is 4.84. The van der Waals surface area contributed by atoms with E-state index in [1.807, 2.05) is 28.9 Å². The van der Waals surface area contributed by atoms with Crippen LogP contribution in [-0.2, 0) is 16.8 Å². The number of nitrogens with zero attached hydrogens (tertiary/aromatic N) is 3. The number of hydrogen-bond donors (Lipinski definition) is 0. The van der Waals surface area contributed by atoms with Crippen molar-refractivity contribution < 1.29 is 18.3 Å². The van der Waals surface area contributed by atoms with Gasteiger partial charge in [0, 0.05) is 37.0 Å². The topological polar surface area (TPSA) is 39.5 Å². The molecular weight excluding hydrogens is 352 g/mol. The van der Waals surface area contributed by atoms with Gasteiger partial charge in [0.1, 0.15) is 5.75 Å². The SMILES string of the molecule is COc1cccc(-c2nn(C(C)(C)C)cc2CN2CC[C@H](OC(F)F)C2)c1.